The minimum atomic E-state index is -1.27. The molecule has 0 aliphatic carbocycles. The van der Waals surface area contributed by atoms with Gasteiger partial charge in [0.1, 0.15) is 0 Å². The van der Waals surface area contributed by atoms with Crippen molar-refractivity contribution in [2.75, 3.05) is 0 Å². The highest BCUT2D eigenvalue weighted by atomic mass is 16.4. The van der Waals surface area contributed by atoms with E-state index in [0.29, 0.717) is 0 Å². The molecule has 0 saturated carbocycles. The third-order valence-electron chi connectivity index (χ3n) is 1.22. The first kappa shape index (κ1) is 8.98. The molecule has 13 heavy (non-hydrogen) atoms. The highest BCUT2D eigenvalue weighted by molar-refractivity contribution is 5.79. The number of carbonyl (C=O) groups is 1. The summed E-state index contributed by atoms with van der Waals surface area (Å²) in [7, 11) is 0. The first-order valence-electron chi connectivity index (χ1n) is 3.39. The molecule has 0 fully saturated rings. The van der Waals surface area contributed by atoms with Crippen molar-refractivity contribution in [3.63, 3.8) is 0 Å². The van der Waals surface area contributed by atoms with Gasteiger partial charge in [0, 0.05) is 18.5 Å². The van der Waals surface area contributed by atoms with Gasteiger partial charge in [-0.2, -0.15) is 5.10 Å². The highest BCUT2D eigenvalue weighted by Gasteiger charge is 1.93. The number of aromatic nitrogens is 1. The molecule has 6 nitrogen and oxygen atoms in total. The molecule has 1 aromatic heterocycles. The van der Waals surface area contributed by atoms with Crippen LogP contribution in [0.5, 0.6) is 0 Å². The third kappa shape index (κ3) is 2.78. The number of aromatic amines is 1. The summed E-state index contributed by atoms with van der Waals surface area (Å²) in [6.45, 7) is 0. The second-order valence-corrected chi connectivity index (χ2v) is 2.14. The fourth-order valence-electron chi connectivity index (χ4n) is 0.687. The molecule has 0 atom stereocenters. The Balaban J connectivity index is 2.75. The summed E-state index contributed by atoms with van der Waals surface area (Å²) < 4.78 is 0. The van der Waals surface area contributed by atoms with Crippen LogP contribution in [0.4, 0.5) is 4.79 Å². The molecule has 0 aliphatic rings. The van der Waals surface area contributed by atoms with Crippen molar-refractivity contribution < 1.29 is 9.90 Å². The fourth-order valence-corrected chi connectivity index (χ4v) is 0.687. The van der Waals surface area contributed by atoms with Crippen LogP contribution >= 0.6 is 0 Å². The van der Waals surface area contributed by atoms with Crippen molar-refractivity contribution in [3.05, 3.63) is 34.2 Å². The molecule has 68 valence electrons. The first-order valence-corrected chi connectivity index (χ1v) is 3.39. The standard InChI is InChI=1S/C7H7N3O3/c11-6-1-2-8-3-5(6)4-9-10-7(12)13/h1-4,10H,(H,8,11)(H,12,13)/b9-4-. The topological polar surface area (TPSA) is 94.5 Å². The summed E-state index contributed by atoms with van der Waals surface area (Å²) in [6, 6.07) is 1.32. The minimum absolute atomic E-state index is 0.227. The van der Waals surface area contributed by atoms with Gasteiger partial charge in [-0.3, -0.25) is 4.79 Å². The number of nitrogens with zero attached hydrogens (tertiary/aromatic N) is 1. The van der Waals surface area contributed by atoms with Gasteiger partial charge in [-0.25, -0.2) is 10.2 Å². The van der Waals surface area contributed by atoms with Gasteiger partial charge in [-0.15, -0.1) is 0 Å². The van der Waals surface area contributed by atoms with Crippen molar-refractivity contribution >= 4 is 12.3 Å². The molecule has 0 saturated heterocycles. The number of rotatable bonds is 2. The van der Waals surface area contributed by atoms with Crippen molar-refractivity contribution in [2.45, 2.75) is 0 Å². The van der Waals surface area contributed by atoms with Crippen LogP contribution in [0.2, 0.25) is 0 Å². The first-order chi connectivity index (χ1) is 6.20. The molecule has 1 aromatic rings. The molecule has 6 heteroatoms. The maximum Gasteiger partial charge on any atom is 0.425 e. The van der Waals surface area contributed by atoms with E-state index in [0.717, 1.165) is 6.21 Å². The molecule has 0 aliphatic heterocycles. The molecule has 1 amide bonds. The second-order valence-electron chi connectivity index (χ2n) is 2.14. The van der Waals surface area contributed by atoms with E-state index in [1.54, 1.807) is 5.43 Å². The Bertz CT molecular complexity index is 383. The lowest BCUT2D eigenvalue weighted by molar-refractivity contribution is 0.195. The number of H-pyrrole nitrogens is 1. The summed E-state index contributed by atoms with van der Waals surface area (Å²) >= 11 is 0. The lowest BCUT2D eigenvalue weighted by atomic mass is 10.3. The number of hydrogen-bond donors (Lipinski definition) is 3. The monoisotopic (exact) mass is 181 g/mol. The van der Waals surface area contributed by atoms with Gasteiger partial charge in [0.25, 0.3) is 0 Å². The zero-order valence-corrected chi connectivity index (χ0v) is 6.52. The Hall–Kier alpha value is -2.11. The van der Waals surface area contributed by atoms with Crippen LogP contribution in [-0.2, 0) is 0 Å². The number of pyridine rings is 1. The van der Waals surface area contributed by atoms with Crippen LogP contribution in [0.3, 0.4) is 0 Å². The van der Waals surface area contributed by atoms with Crippen molar-refractivity contribution in [2.24, 2.45) is 5.10 Å². The average molecular weight is 181 g/mol. The molecule has 0 radical (unpaired) electrons. The van der Waals surface area contributed by atoms with E-state index in [9.17, 15) is 9.59 Å². The molecule has 0 spiro atoms. The number of hydrazone groups is 1. The van der Waals surface area contributed by atoms with Gasteiger partial charge in [0.15, 0.2) is 5.43 Å². The van der Waals surface area contributed by atoms with Crippen LogP contribution < -0.4 is 10.9 Å². The van der Waals surface area contributed by atoms with E-state index in [-0.39, 0.29) is 11.0 Å². The molecule has 1 rings (SSSR count). The third-order valence-corrected chi connectivity index (χ3v) is 1.22. The zero-order valence-electron chi connectivity index (χ0n) is 6.52. The van der Waals surface area contributed by atoms with Gasteiger partial charge in [-0.05, 0) is 0 Å². The van der Waals surface area contributed by atoms with Gasteiger partial charge in [-0.1, -0.05) is 0 Å². The van der Waals surface area contributed by atoms with Crippen LogP contribution in [-0.4, -0.2) is 22.4 Å². The number of amides is 1. The maximum atomic E-state index is 11.0. The summed E-state index contributed by atoms with van der Waals surface area (Å²) in [6.07, 6.45) is 2.76. The normalized spacial score (nSPS) is 10.2. The van der Waals surface area contributed by atoms with E-state index in [1.807, 2.05) is 0 Å². The van der Waals surface area contributed by atoms with E-state index in [4.69, 9.17) is 5.11 Å². The zero-order chi connectivity index (χ0) is 9.68. The van der Waals surface area contributed by atoms with Gasteiger partial charge >= 0.3 is 6.09 Å². The summed E-state index contributed by atoms with van der Waals surface area (Å²) in [5.74, 6) is 0. The smallest absolute Gasteiger partial charge is 0.425 e. The van der Waals surface area contributed by atoms with Gasteiger partial charge in [0.05, 0.1) is 11.8 Å². The molecule has 0 bridgehead atoms. The lowest BCUT2D eigenvalue weighted by Gasteiger charge is -1.90. The predicted molar refractivity (Wildman–Crippen MR) is 45.8 cm³/mol. The number of carboxylic acid groups (broad SMARTS) is 1. The fraction of sp³-hybridized carbons (Fsp3) is 0. The molecule has 0 aromatic carbocycles. The van der Waals surface area contributed by atoms with Crippen molar-refractivity contribution in [3.8, 4) is 0 Å². The van der Waals surface area contributed by atoms with E-state index in [1.165, 1.54) is 18.5 Å². The summed E-state index contributed by atoms with van der Waals surface area (Å²) in [5.41, 5.74) is 1.82. The lowest BCUT2D eigenvalue weighted by Crippen LogP contribution is -2.15. The second kappa shape index (κ2) is 4.05. The van der Waals surface area contributed by atoms with Crippen molar-refractivity contribution in [1.29, 1.82) is 0 Å². The molecule has 3 N–H and O–H groups in total. The minimum Gasteiger partial charge on any atom is -0.464 e. The van der Waals surface area contributed by atoms with Crippen LogP contribution in [0.25, 0.3) is 0 Å². The molecule has 0 unspecified atom stereocenters. The Morgan fingerprint density at radius 1 is 1.69 bits per heavy atom. The number of hydrogen-bond acceptors (Lipinski definition) is 3. The SMILES string of the molecule is O=C(O)N/N=C\c1c[nH]ccc1=O. The van der Waals surface area contributed by atoms with Crippen LogP contribution in [0.15, 0.2) is 28.4 Å². The Kier molecular flexibility index (Phi) is 2.80. The summed E-state index contributed by atoms with van der Waals surface area (Å²) in [5, 5.41) is 11.5. The van der Waals surface area contributed by atoms with Gasteiger partial charge < -0.3 is 10.1 Å². The average Bonchev–Trinajstić information content (AvgIpc) is 2.08. The van der Waals surface area contributed by atoms with Crippen molar-refractivity contribution in [1.82, 2.24) is 10.4 Å². The van der Waals surface area contributed by atoms with Gasteiger partial charge in [0.2, 0.25) is 0 Å². The number of nitrogens with one attached hydrogen (secondary N) is 2. The molecular formula is C7H7N3O3. The Labute approximate surface area is 72.9 Å². The predicted octanol–water partition coefficient (Wildman–Crippen LogP) is -0.0236. The molecular weight excluding hydrogens is 174 g/mol. The Morgan fingerprint density at radius 3 is 3.08 bits per heavy atom. The highest BCUT2D eigenvalue weighted by Crippen LogP contribution is 1.80. The van der Waals surface area contributed by atoms with E-state index < -0.39 is 6.09 Å². The largest absolute Gasteiger partial charge is 0.464 e. The molecule has 1 heterocycles. The van der Waals surface area contributed by atoms with E-state index in [2.05, 4.69) is 10.1 Å². The Morgan fingerprint density at radius 2 is 2.46 bits per heavy atom. The quantitative estimate of drug-likeness (QED) is 0.442. The van der Waals surface area contributed by atoms with Crippen LogP contribution in [0.1, 0.15) is 5.56 Å². The van der Waals surface area contributed by atoms with E-state index >= 15 is 0 Å². The maximum absolute atomic E-state index is 11.0. The summed E-state index contributed by atoms with van der Waals surface area (Å²) in [4.78, 5) is 23.6. The van der Waals surface area contributed by atoms with Crippen LogP contribution in [0, 0.1) is 0 Å².